The molecule has 1 saturated heterocycles. The SMILES string of the molecule is COc1cc(C)ccc1OCC(=O)NCC1(c2cccc(Br)c2)CCOCC1. The van der Waals surface area contributed by atoms with Crippen LogP contribution in [0.15, 0.2) is 46.9 Å². The Balaban J connectivity index is 1.63. The van der Waals surface area contributed by atoms with Crippen LogP contribution in [0.4, 0.5) is 0 Å². The van der Waals surface area contributed by atoms with Crippen molar-refractivity contribution in [3.8, 4) is 11.5 Å². The van der Waals surface area contributed by atoms with Gasteiger partial charge in [-0.25, -0.2) is 0 Å². The predicted octanol–water partition coefficient (Wildman–Crippen LogP) is 4.01. The van der Waals surface area contributed by atoms with Crippen LogP contribution < -0.4 is 14.8 Å². The van der Waals surface area contributed by atoms with E-state index in [1.807, 2.05) is 37.3 Å². The van der Waals surface area contributed by atoms with Crippen LogP contribution in [0.3, 0.4) is 0 Å². The number of nitrogens with one attached hydrogen (secondary N) is 1. The van der Waals surface area contributed by atoms with Crippen molar-refractivity contribution in [2.75, 3.05) is 33.5 Å². The number of ether oxygens (including phenoxy) is 3. The Morgan fingerprint density at radius 1 is 1.18 bits per heavy atom. The molecule has 0 aromatic heterocycles. The Kier molecular flexibility index (Phi) is 6.97. The molecule has 2 aromatic carbocycles. The largest absolute Gasteiger partial charge is 0.493 e. The zero-order valence-electron chi connectivity index (χ0n) is 16.3. The number of benzene rings is 2. The number of hydrogen-bond acceptors (Lipinski definition) is 4. The van der Waals surface area contributed by atoms with Gasteiger partial charge in [-0.2, -0.15) is 0 Å². The van der Waals surface area contributed by atoms with E-state index in [0.717, 1.165) is 22.9 Å². The smallest absolute Gasteiger partial charge is 0.257 e. The van der Waals surface area contributed by atoms with Gasteiger partial charge < -0.3 is 19.5 Å². The molecule has 1 amide bonds. The van der Waals surface area contributed by atoms with Crippen LogP contribution >= 0.6 is 15.9 Å². The molecule has 0 bridgehead atoms. The molecule has 1 aliphatic heterocycles. The molecule has 0 radical (unpaired) electrons. The van der Waals surface area contributed by atoms with Crippen LogP contribution in [0.25, 0.3) is 0 Å². The second-order valence-electron chi connectivity index (χ2n) is 7.12. The third-order valence-corrected chi connectivity index (χ3v) is 5.68. The minimum absolute atomic E-state index is 0.0511. The van der Waals surface area contributed by atoms with Crippen LogP contribution in [-0.2, 0) is 14.9 Å². The molecule has 0 atom stereocenters. The quantitative estimate of drug-likeness (QED) is 0.696. The first-order valence-electron chi connectivity index (χ1n) is 9.40. The molecule has 2 aromatic rings. The van der Waals surface area contributed by atoms with Crippen molar-refractivity contribution in [2.24, 2.45) is 0 Å². The summed E-state index contributed by atoms with van der Waals surface area (Å²) in [4.78, 5) is 12.4. The minimum atomic E-state index is -0.150. The highest BCUT2D eigenvalue weighted by Gasteiger charge is 2.35. The molecule has 1 heterocycles. The van der Waals surface area contributed by atoms with Crippen LogP contribution in [-0.4, -0.2) is 39.4 Å². The molecular formula is C22H26BrNO4. The maximum atomic E-state index is 12.4. The van der Waals surface area contributed by atoms with E-state index in [2.05, 4.69) is 33.4 Å². The van der Waals surface area contributed by atoms with Crippen molar-refractivity contribution in [1.29, 1.82) is 0 Å². The van der Waals surface area contributed by atoms with Gasteiger partial charge in [0, 0.05) is 29.6 Å². The third-order valence-electron chi connectivity index (χ3n) is 5.19. The van der Waals surface area contributed by atoms with Crippen molar-refractivity contribution in [3.63, 3.8) is 0 Å². The van der Waals surface area contributed by atoms with Crippen LogP contribution in [0.2, 0.25) is 0 Å². The molecule has 150 valence electrons. The molecule has 5 nitrogen and oxygen atoms in total. The van der Waals surface area contributed by atoms with Crippen molar-refractivity contribution in [1.82, 2.24) is 5.32 Å². The fourth-order valence-corrected chi connectivity index (χ4v) is 3.90. The summed E-state index contributed by atoms with van der Waals surface area (Å²) in [6.45, 7) is 3.87. The summed E-state index contributed by atoms with van der Waals surface area (Å²) in [6, 6.07) is 13.9. The highest BCUT2D eigenvalue weighted by molar-refractivity contribution is 9.10. The summed E-state index contributed by atoms with van der Waals surface area (Å²) in [5, 5.41) is 3.05. The summed E-state index contributed by atoms with van der Waals surface area (Å²) in [5.74, 6) is 1.04. The van der Waals surface area contributed by atoms with Gasteiger partial charge in [0.05, 0.1) is 7.11 Å². The third kappa shape index (κ3) is 5.06. The van der Waals surface area contributed by atoms with E-state index in [1.165, 1.54) is 5.56 Å². The highest BCUT2D eigenvalue weighted by atomic mass is 79.9. The Morgan fingerprint density at radius 2 is 1.96 bits per heavy atom. The lowest BCUT2D eigenvalue weighted by molar-refractivity contribution is -0.123. The molecule has 28 heavy (non-hydrogen) atoms. The van der Waals surface area contributed by atoms with E-state index in [0.29, 0.717) is 31.3 Å². The number of halogens is 1. The van der Waals surface area contributed by atoms with E-state index >= 15 is 0 Å². The normalized spacial score (nSPS) is 15.7. The molecule has 0 spiro atoms. The molecule has 0 aliphatic carbocycles. The van der Waals surface area contributed by atoms with Gasteiger partial charge in [0.15, 0.2) is 18.1 Å². The van der Waals surface area contributed by atoms with Gasteiger partial charge in [-0.15, -0.1) is 0 Å². The second-order valence-corrected chi connectivity index (χ2v) is 8.04. The number of rotatable bonds is 7. The molecule has 0 unspecified atom stereocenters. The summed E-state index contributed by atoms with van der Waals surface area (Å²) in [6.07, 6.45) is 1.74. The Hall–Kier alpha value is -2.05. The van der Waals surface area contributed by atoms with Gasteiger partial charge in [-0.1, -0.05) is 34.1 Å². The summed E-state index contributed by atoms with van der Waals surface area (Å²) < 4.78 is 17.6. The van der Waals surface area contributed by atoms with E-state index < -0.39 is 0 Å². The second kappa shape index (κ2) is 9.43. The lowest BCUT2D eigenvalue weighted by Gasteiger charge is -2.38. The van der Waals surface area contributed by atoms with Gasteiger partial charge >= 0.3 is 0 Å². The van der Waals surface area contributed by atoms with Crippen molar-refractivity contribution in [3.05, 3.63) is 58.1 Å². The van der Waals surface area contributed by atoms with Crippen LogP contribution in [0.5, 0.6) is 11.5 Å². The highest BCUT2D eigenvalue weighted by Crippen LogP contribution is 2.35. The molecule has 1 N–H and O–H groups in total. The fraction of sp³-hybridized carbons (Fsp3) is 0.409. The number of hydrogen-bond donors (Lipinski definition) is 1. The Bertz CT molecular complexity index is 818. The minimum Gasteiger partial charge on any atom is -0.493 e. The number of carbonyl (C=O) groups excluding carboxylic acids is 1. The van der Waals surface area contributed by atoms with Crippen LogP contribution in [0.1, 0.15) is 24.0 Å². The predicted molar refractivity (Wildman–Crippen MR) is 112 cm³/mol. The standard InChI is InChI=1S/C22H26BrNO4/c1-16-6-7-19(20(12-16)26-2)28-14-21(25)24-15-22(8-10-27-11-9-22)17-4-3-5-18(23)13-17/h3-7,12-13H,8-11,14-15H2,1-2H3,(H,24,25). The first kappa shape index (κ1) is 20.7. The molecule has 0 saturated carbocycles. The lowest BCUT2D eigenvalue weighted by atomic mass is 9.74. The monoisotopic (exact) mass is 447 g/mol. The van der Waals surface area contributed by atoms with E-state index in [4.69, 9.17) is 14.2 Å². The summed E-state index contributed by atoms with van der Waals surface area (Å²) in [5.41, 5.74) is 2.16. The van der Waals surface area contributed by atoms with Gasteiger partial charge in [0.2, 0.25) is 0 Å². The summed E-state index contributed by atoms with van der Waals surface area (Å²) in [7, 11) is 1.59. The van der Waals surface area contributed by atoms with E-state index in [-0.39, 0.29) is 17.9 Å². The van der Waals surface area contributed by atoms with E-state index in [9.17, 15) is 4.79 Å². The summed E-state index contributed by atoms with van der Waals surface area (Å²) >= 11 is 3.55. The van der Waals surface area contributed by atoms with E-state index in [1.54, 1.807) is 7.11 Å². The lowest BCUT2D eigenvalue weighted by Crippen LogP contribution is -2.45. The molecule has 1 aliphatic rings. The molecular weight excluding hydrogens is 422 g/mol. The maximum absolute atomic E-state index is 12.4. The maximum Gasteiger partial charge on any atom is 0.257 e. The van der Waals surface area contributed by atoms with Crippen molar-refractivity contribution < 1.29 is 19.0 Å². The van der Waals surface area contributed by atoms with Gasteiger partial charge in [-0.05, 0) is 55.2 Å². The molecule has 6 heteroatoms. The van der Waals surface area contributed by atoms with Gasteiger partial charge in [0.1, 0.15) is 0 Å². The number of amides is 1. The van der Waals surface area contributed by atoms with Crippen LogP contribution in [0, 0.1) is 6.92 Å². The number of carbonyl (C=O) groups is 1. The average molecular weight is 448 g/mol. The first-order valence-corrected chi connectivity index (χ1v) is 10.2. The van der Waals surface area contributed by atoms with Gasteiger partial charge in [0.25, 0.3) is 5.91 Å². The van der Waals surface area contributed by atoms with Crippen molar-refractivity contribution >= 4 is 21.8 Å². The Labute approximate surface area is 174 Å². The zero-order chi connectivity index (χ0) is 20.0. The van der Waals surface area contributed by atoms with Crippen molar-refractivity contribution in [2.45, 2.75) is 25.2 Å². The average Bonchev–Trinajstić information content (AvgIpc) is 2.72. The number of methoxy groups -OCH3 is 1. The zero-order valence-corrected chi connectivity index (χ0v) is 17.9. The first-order chi connectivity index (χ1) is 13.5. The molecule has 3 rings (SSSR count). The van der Waals surface area contributed by atoms with Gasteiger partial charge in [-0.3, -0.25) is 4.79 Å². The Morgan fingerprint density at radius 3 is 2.68 bits per heavy atom. The number of aryl methyl sites for hydroxylation is 1. The topological polar surface area (TPSA) is 56.8 Å². The molecule has 1 fully saturated rings. The fourth-order valence-electron chi connectivity index (χ4n) is 3.50.